The third-order valence-corrected chi connectivity index (χ3v) is 5.02. The minimum atomic E-state index is -0.247. The van der Waals surface area contributed by atoms with Crippen molar-refractivity contribution in [2.45, 2.75) is 25.5 Å². The molecule has 0 bridgehead atoms. The Hall–Kier alpha value is -2.54. The molecular formula is C19H23N3O4. The maximum absolute atomic E-state index is 13.1. The van der Waals surface area contributed by atoms with E-state index in [1.807, 2.05) is 38.4 Å². The highest BCUT2D eigenvalue weighted by atomic mass is 16.7. The molecule has 2 aromatic rings. The Kier molecular flexibility index (Phi) is 4.55. The number of hydrogen-bond donors (Lipinski definition) is 0. The lowest BCUT2D eigenvalue weighted by molar-refractivity contribution is -0.145. The Bertz CT molecular complexity index is 804. The highest BCUT2D eigenvalue weighted by molar-refractivity contribution is 5.79. The molecule has 1 aromatic heterocycles. The van der Waals surface area contributed by atoms with E-state index in [0.29, 0.717) is 13.2 Å². The normalized spacial score (nSPS) is 21.6. The molecule has 1 saturated heterocycles. The minimum Gasteiger partial charge on any atom is -0.454 e. The molecule has 0 saturated carbocycles. The second-order valence-electron chi connectivity index (χ2n) is 6.80. The summed E-state index contributed by atoms with van der Waals surface area (Å²) in [6.45, 7) is 1.44. The second kappa shape index (κ2) is 6.99. The summed E-state index contributed by atoms with van der Waals surface area (Å²) >= 11 is 0. The lowest BCUT2D eigenvalue weighted by Gasteiger charge is -2.33. The van der Waals surface area contributed by atoms with Gasteiger partial charge in [-0.3, -0.25) is 9.48 Å². The molecule has 2 atom stereocenters. The van der Waals surface area contributed by atoms with Gasteiger partial charge in [0.05, 0.1) is 11.6 Å². The molecule has 1 fully saturated rings. The third-order valence-electron chi connectivity index (χ3n) is 5.02. The van der Waals surface area contributed by atoms with Crippen LogP contribution in [0.15, 0.2) is 30.5 Å². The molecule has 1 amide bonds. The Balaban J connectivity index is 1.49. The number of carbonyl (C=O) groups excluding carboxylic acids is 1. The van der Waals surface area contributed by atoms with Crippen molar-refractivity contribution in [1.82, 2.24) is 14.7 Å². The Morgan fingerprint density at radius 3 is 2.96 bits per heavy atom. The Morgan fingerprint density at radius 1 is 1.31 bits per heavy atom. The number of ether oxygens (including phenoxy) is 3. The van der Waals surface area contributed by atoms with Crippen molar-refractivity contribution in [3.8, 4) is 11.5 Å². The first-order valence-electron chi connectivity index (χ1n) is 8.86. The Labute approximate surface area is 152 Å². The van der Waals surface area contributed by atoms with Crippen molar-refractivity contribution in [3.05, 3.63) is 41.7 Å². The van der Waals surface area contributed by atoms with Crippen LogP contribution in [0.25, 0.3) is 0 Å². The zero-order valence-corrected chi connectivity index (χ0v) is 15.1. The van der Waals surface area contributed by atoms with Gasteiger partial charge in [0, 0.05) is 33.4 Å². The van der Waals surface area contributed by atoms with E-state index in [2.05, 4.69) is 5.10 Å². The average Bonchev–Trinajstić information content (AvgIpc) is 3.29. The van der Waals surface area contributed by atoms with Crippen molar-refractivity contribution >= 4 is 5.91 Å². The zero-order valence-electron chi connectivity index (χ0n) is 15.1. The average molecular weight is 357 g/mol. The maximum Gasteiger partial charge on any atom is 0.231 e. The summed E-state index contributed by atoms with van der Waals surface area (Å²) in [6.07, 6.45) is 3.21. The van der Waals surface area contributed by atoms with Crippen LogP contribution in [-0.4, -0.2) is 41.0 Å². The van der Waals surface area contributed by atoms with Crippen LogP contribution in [0.2, 0.25) is 0 Å². The lowest BCUT2D eigenvalue weighted by Crippen LogP contribution is -2.39. The number of amides is 1. The summed E-state index contributed by atoms with van der Waals surface area (Å²) in [5.74, 6) is 1.38. The largest absolute Gasteiger partial charge is 0.454 e. The van der Waals surface area contributed by atoms with Crippen LogP contribution < -0.4 is 9.47 Å². The fourth-order valence-corrected chi connectivity index (χ4v) is 3.66. The summed E-state index contributed by atoms with van der Waals surface area (Å²) in [5.41, 5.74) is 1.96. The number of rotatable bonds is 4. The second-order valence-corrected chi connectivity index (χ2v) is 6.80. The number of fused-ring (bicyclic) bond motifs is 1. The number of benzene rings is 1. The highest BCUT2D eigenvalue weighted by Gasteiger charge is 2.36. The van der Waals surface area contributed by atoms with Gasteiger partial charge in [0.25, 0.3) is 0 Å². The van der Waals surface area contributed by atoms with Crippen LogP contribution in [0.1, 0.15) is 30.2 Å². The van der Waals surface area contributed by atoms with E-state index in [1.165, 1.54) is 0 Å². The number of aryl methyl sites for hydroxylation is 1. The predicted octanol–water partition coefficient (Wildman–Crippen LogP) is 2.28. The molecule has 2 aliphatic heterocycles. The first kappa shape index (κ1) is 16.9. The first-order valence-corrected chi connectivity index (χ1v) is 8.86. The van der Waals surface area contributed by atoms with Gasteiger partial charge in [0.15, 0.2) is 11.5 Å². The van der Waals surface area contributed by atoms with E-state index < -0.39 is 0 Å². The van der Waals surface area contributed by atoms with Gasteiger partial charge in [0.1, 0.15) is 6.10 Å². The van der Waals surface area contributed by atoms with Gasteiger partial charge in [-0.1, -0.05) is 6.07 Å². The summed E-state index contributed by atoms with van der Waals surface area (Å²) in [4.78, 5) is 14.9. The van der Waals surface area contributed by atoms with E-state index in [-0.39, 0.29) is 24.7 Å². The molecule has 4 rings (SSSR count). The van der Waals surface area contributed by atoms with Crippen LogP contribution >= 0.6 is 0 Å². The molecular weight excluding hydrogens is 334 g/mol. The smallest absolute Gasteiger partial charge is 0.231 e. The van der Waals surface area contributed by atoms with Crippen LogP contribution in [0.3, 0.4) is 0 Å². The fourth-order valence-electron chi connectivity index (χ4n) is 3.66. The van der Waals surface area contributed by atoms with Gasteiger partial charge >= 0.3 is 0 Å². The summed E-state index contributed by atoms with van der Waals surface area (Å²) in [5, 5.41) is 4.22. The summed E-state index contributed by atoms with van der Waals surface area (Å²) in [7, 11) is 3.72. The van der Waals surface area contributed by atoms with Crippen molar-refractivity contribution in [2.24, 2.45) is 13.0 Å². The quantitative estimate of drug-likeness (QED) is 0.840. The van der Waals surface area contributed by atoms with Crippen LogP contribution in [0, 0.1) is 5.92 Å². The first-order chi connectivity index (χ1) is 12.6. The van der Waals surface area contributed by atoms with Gasteiger partial charge in [-0.2, -0.15) is 5.10 Å². The fraction of sp³-hybridized carbons (Fsp3) is 0.474. The van der Waals surface area contributed by atoms with Gasteiger partial charge < -0.3 is 19.1 Å². The number of aromatic nitrogens is 2. The van der Waals surface area contributed by atoms with Gasteiger partial charge in [0.2, 0.25) is 12.7 Å². The highest BCUT2D eigenvalue weighted by Crippen LogP contribution is 2.36. The van der Waals surface area contributed by atoms with Gasteiger partial charge in [-0.05, 0) is 36.6 Å². The summed E-state index contributed by atoms with van der Waals surface area (Å²) in [6, 6.07) is 7.71. The lowest BCUT2D eigenvalue weighted by atomic mass is 9.90. The molecule has 26 heavy (non-hydrogen) atoms. The van der Waals surface area contributed by atoms with E-state index in [0.717, 1.165) is 35.6 Å². The number of hydrogen-bond acceptors (Lipinski definition) is 5. The SMILES string of the molecule is CN(Cc1ccc2c(c1)OCO2)C(=O)[C@@H]1CCCO[C@H]1c1ccnn1C. The molecule has 138 valence electrons. The number of carbonyl (C=O) groups is 1. The van der Waals surface area contributed by atoms with E-state index in [9.17, 15) is 4.79 Å². The monoisotopic (exact) mass is 357 g/mol. The number of nitrogens with zero attached hydrogens (tertiary/aromatic N) is 3. The third kappa shape index (κ3) is 3.14. The standard InChI is InChI=1S/C19H23N3O4/c1-21(11-13-5-6-16-17(10-13)26-12-25-16)19(23)14-4-3-9-24-18(14)15-7-8-20-22(15)2/h5-8,10,14,18H,3-4,9,11-12H2,1-2H3/t14-,18-/m1/s1. The van der Waals surface area contributed by atoms with Crippen LogP contribution in [-0.2, 0) is 23.1 Å². The van der Waals surface area contributed by atoms with Crippen molar-refractivity contribution in [3.63, 3.8) is 0 Å². The van der Waals surface area contributed by atoms with Crippen molar-refractivity contribution < 1.29 is 19.0 Å². The minimum absolute atomic E-state index is 0.0913. The topological polar surface area (TPSA) is 65.8 Å². The maximum atomic E-state index is 13.1. The zero-order chi connectivity index (χ0) is 18.1. The molecule has 1 aromatic carbocycles. The van der Waals surface area contributed by atoms with Crippen LogP contribution in [0.4, 0.5) is 0 Å². The molecule has 3 heterocycles. The van der Waals surface area contributed by atoms with E-state index >= 15 is 0 Å². The molecule has 0 radical (unpaired) electrons. The van der Waals surface area contributed by atoms with Crippen molar-refractivity contribution in [2.75, 3.05) is 20.4 Å². The summed E-state index contributed by atoms with van der Waals surface area (Å²) < 4.78 is 18.5. The van der Waals surface area contributed by atoms with E-state index in [1.54, 1.807) is 15.8 Å². The predicted molar refractivity (Wildman–Crippen MR) is 93.7 cm³/mol. The van der Waals surface area contributed by atoms with E-state index in [4.69, 9.17) is 14.2 Å². The molecule has 0 aliphatic carbocycles. The molecule has 2 aliphatic rings. The van der Waals surface area contributed by atoms with Crippen molar-refractivity contribution in [1.29, 1.82) is 0 Å². The molecule has 0 N–H and O–H groups in total. The molecule has 0 unspecified atom stereocenters. The van der Waals surface area contributed by atoms with Gasteiger partial charge in [-0.25, -0.2) is 0 Å². The molecule has 0 spiro atoms. The van der Waals surface area contributed by atoms with Gasteiger partial charge in [-0.15, -0.1) is 0 Å². The Morgan fingerprint density at radius 2 is 2.15 bits per heavy atom. The van der Waals surface area contributed by atoms with Crippen LogP contribution in [0.5, 0.6) is 11.5 Å². The molecule has 7 heteroatoms. The molecule has 7 nitrogen and oxygen atoms in total.